The average molecular weight is 340 g/mol. The molecule has 4 heteroatoms. The van der Waals surface area contributed by atoms with Crippen molar-refractivity contribution in [1.82, 2.24) is 0 Å². The van der Waals surface area contributed by atoms with Crippen LogP contribution in [0.2, 0.25) is 0 Å². The number of carbonyl (C=O) groups is 2. The Kier molecular flexibility index (Phi) is 7.60. The van der Waals surface area contributed by atoms with E-state index in [9.17, 15) is 9.59 Å². The molecule has 0 aliphatic rings. The van der Waals surface area contributed by atoms with E-state index in [2.05, 4.69) is 6.58 Å². The van der Waals surface area contributed by atoms with Crippen LogP contribution in [0.5, 0.6) is 11.5 Å². The van der Waals surface area contributed by atoms with Gasteiger partial charge in [0.25, 0.3) is 0 Å². The molecule has 4 nitrogen and oxygen atoms in total. The summed E-state index contributed by atoms with van der Waals surface area (Å²) in [5.74, 6) is 0.996. The first-order valence-corrected chi connectivity index (χ1v) is 7.89. The quantitative estimate of drug-likeness (QED) is 0.643. The molecule has 0 spiro atoms. The number of aromatic hydroxyl groups is 1. The molecule has 0 radical (unpaired) electrons. The maximum absolute atomic E-state index is 10.7. The van der Waals surface area contributed by atoms with Crippen LogP contribution in [0.15, 0.2) is 36.9 Å². The summed E-state index contributed by atoms with van der Waals surface area (Å²) < 4.78 is 5.38. The van der Waals surface area contributed by atoms with Gasteiger partial charge < -0.3 is 9.84 Å². The van der Waals surface area contributed by atoms with Gasteiger partial charge in [-0.05, 0) is 74.2 Å². The van der Waals surface area contributed by atoms with Crippen LogP contribution in [-0.4, -0.2) is 24.3 Å². The molecule has 0 atom stereocenters. The van der Waals surface area contributed by atoms with Crippen molar-refractivity contribution in [3.05, 3.63) is 70.3 Å². The zero-order valence-corrected chi connectivity index (χ0v) is 15.1. The van der Waals surface area contributed by atoms with E-state index in [1.54, 1.807) is 32.1 Å². The van der Waals surface area contributed by atoms with Gasteiger partial charge in [0.05, 0.1) is 0 Å². The summed E-state index contributed by atoms with van der Waals surface area (Å²) >= 11 is 0. The summed E-state index contributed by atoms with van der Waals surface area (Å²) in [6, 6.07) is 6.88. The molecule has 1 N–H and O–H groups in total. The van der Waals surface area contributed by atoms with Crippen LogP contribution in [0.4, 0.5) is 0 Å². The number of hydrogen-bond acceptors (Lipinski definition) is 4. The van der Waals surface area contributed by atoms with Gasteiger partial charge in [0.15, 0.2) is 12.6 Å². The van der Waals surface area contributed by atoms with Gasteiger partial charge in [0.2, 0.25) is 0 Å². The molecule has 2 aromatic carbocycles. The SMILES string of the molecule is C=CCOc1cc(C)c(C=O)c(C)c1.Cc1cc(O)cc(C)c1C=O. The lowest BCUT2D eigenvalue weighted by Crippen LogP contribution is -1.97. The van der Waals surface area contributed by atoms with Gasteiger partial charge in [-0.2, -0.15) is 0 Å². The van der Waals surface area contributed by atoms with E-state index >= 15 is 0 Å². The molecule has 0 aromatic heterocycles. The lowest BCUT2D eigenvalue weighted by Gasteiger charge is -2.08. The molecule has 25 heavy (non-hydrogen) atoms. The van der Waals surface area contributed by atoms with Crippen molar-refractivity contribution in [3.8, 4) is 11.5 Å². The van der Waals surface area contributed by atoms with Crippen LogP contribution in [0, 0.1) is 27.7 Å². The third kappa shape index (κ3) is 5.60. The predicted octanol–water partition coefficient (Wildman–Crippen LogP) is 4.50. The van der Waals surface area contributed by atoms with Gasteiger partial charge in [-0.25, -0.2) is 0 Å². The summed E-state index contributed by atoms with van der Waals surface area (Å²) in [6.45, 7) is 11.5. The molecule has 0 bridgehead atoms. The van der Waals surface area contributed by atoms with Crippen molar-refractivity contribution in [1.29, 1.82) is 0 Å². The highest BCUT2D eigenvalue weighted by atomic mass is 16.5. The lowest BCUT2D eigenvalue weighted by atomic mass is 10.0. The number of rotatable bonds is 5. The number of carbonyl (C=O) groups excluding carboxylic acids is 2. The van der Waals surface area contributed by atoms with Crippen molar-refractivity contribution >= 4 is 12.6 Å². The summed E-state index contributed by atoms with van der Waals surface area (Å²) in [5, 5.41) is 9.10. The number of phenolic OH excluding ortho intramolecular Hbond substituents is 1. The first kappa shape index (κ1) is 20.2. The van der Waals surface area contributed by atoms with Crippen molar-refractivity contribution in [2.45, 2.75) is 27.7 Å². The number of aryl methyl sites for hydroxylation is 4. The second kappa shape index (κ2) is 9.42. The molecule has 132 valence electrons. The standard InChI is InChI=1S/C12H14O2.C9H10O2/c1-4-5-14-11-6-9(2)12(8-13)10(3)7-11;1-6-3-8(11)4-7(2)9(6)5-10/h4,6-8H,1,5H2,2-3H3;3-5,11H,1-2H3. The molecule has 0 saturated heterocycles. The fourth-order valence-electron chi connectivity index (χ4n) is 2.50. The molecular formula is C21H24O4. The zero-order valence-electron chi connectivity index (χ0n) is 15.1. The number of ether oxygens (including phenoxy) is 1. The zero-order chi connectivity index (χ0) is 19.0. The molecule has 0 saturated carbocycles. The smallest absolute Gasteiger partial charge is 0.150 e. The molecule has 0 amide bonds. The van der Waals surface area contributed by atoms with E-state index in [4.69, 9.17) is 9.84 Å². The van der Waals surface area contributed by atoms with E-state index in [0.29, 0.717) is 12.2 Å². The second-order valence-electron chi connectivity index (χ2n) is 5.80. The van der Waals surface area contributed by atoms with Crippen LogP contribution in [-0.2, 0) is 0 Å². The topological polar surface area (TPSA) is 63.6 Å². The fourth-order valence-corrected chi connectivity index (χ4v) is 2.50. The van der Waals surface area contributed by atoms with E-state index in [-0.39, 0.29) is 5.75 Å². The normalized spacial score (nSPS) is 9.60. The molecular weight excluding hydrogens is 316 g/mol. The third-order valence-corrected chi connectivity index (χ3v) is 3.75. The number of aldehydes is 2. The van der Waals surface area contributed by atoms with E-state index in [1.165, 1.54) is 0 Å². The minimum Gasteiger partial charge on any atom is -0.508 e. The summed E-state index contributed by atoms with van der Waals surface area (Å²) in [7, 11) is 0. The Morgan fingerprint density at radius 2 is 1.28 bits per heavy atom. The van der Waals surface area contributed by atoms with E-state index < -0.39 is 0 Å². The average Bonchev–Trinajstić information content (AvgIpc) is 2.53. The molecule has 0 fully saturated rings. The minimum absolute atomic E-state index is 0.214. The Balaban J connectivity index is 0.000000257. The van der Waals surface area contributed by atoms with Gasteiger partial charge >= 0.3 is 0 Å². The Morgan fingerprint density at radius 1 is 0.880 bits per heavy atom. The van der Waals surface area contributed by atoms with Gasteiger partial charge in [-0.3, -0.25) is 9.59 Å². The maximum atomic E-state index is 10.7. The number of phenols is 1. The highest BCUT2D eigenvalue weighted by Crippen LogP contribution is 2.20. The summed E-state index contributed by atoms with van der Waals surface area (Å²) in [5.41, 5.74) is 4.94. The minimum atomic E-state index is 0.214. The highest BCUT2D eigenvalue weighted by molar-refractivity contribution is 5.80. The van der Waals surface area contributed by atoms with Crippen molar-refractivity contribution in [2.75, 3.05) is 6.61 Å². The Bertz CT molecular complexity index is 729. The van der Waals surface area contributed by atoms with Gasteiger partial charge in [-0.1, -0.05) is 12.7 Å². The van der Waals surface area contributed by atoms with Gasteiger partial charge in [0.1, 0.15) is 18.1 Å². The number of benzene rings is 2. The van der Waals surface area contributed by atoms with E-state index in [0.717, 1.165) is 46.1 Å². The summed E-state index contributed by atoms with van der Waals surface area (Å²) in [4.78, 5) is 21.2. The molecule has 2 rings (SSSR count). The largest absolute Gasteiger partial charge is 0.508 e. The maximum Gasteiger partial charge on any atom is 0.150 e. The van der Waals surface area contributed by atoms with E-state index in [1.807, 2.05) is 26.0 Å². The van der Waals surface area contributed by atoms with Gasteiger partial charge in [-0.15, -0.1) is 0 Å². The number of hydrogen-bond donors (Lipinski definition) is 1. The van der Waals surface area contributed by atoms with Crippen LogP contribution in [0.25, 0.3) is 0 Å². The van der Waals surface area contributed by atoms with Crippen molar-refractivity contribution < 1.29 is 19.4 Å². The Labute approximate surface area is 148 Å². The van der Waals surface area contributed by atoms with Crippen LogP contribution in [0.1, 0.15) is 43.0 Å². The molecule has 0 unspecified atom stereocenters. The molecule has 0 heterocycles. The fraction of sp³-hybridized carbons (Fsp3) is 0.238. The molecule has 2 aromatic rings. The third-order valence-electron chi connectivity index (χ3n) is 3.75. The van der Waals surface area contributed by atoms with Crippen LogP contribution < -0.4 is 4.74 Å². The van der Waals surface area contributed by atoms with Crippen LogP contribution >= 0.6 is 0 Å². The highest BCUT2D eigenvalue weighted by Gasteiger charge is 2.04. The first-order valence-electron chi connectivity index (χ1n) is 7.89. The second-order valence-corrected chi connectivity index (χ2v) is 5.80. The Morgan fingerprint density at radius 3 is 1.64 bits per heavy atom. The van der Waals surface area contributed by atoms with Gasteiger partial charge in [0, 0.05) is 11.1 Å². The lowest BCUT2D eigenvalue weighted by molar-refractivity contribution is 0.111. The Hall–Kier alpha value is -2.88. The monoisotopic (exact) mass is 340 g/mol. The van der Waals surface area contributed by atoms with Crippen molar-refractivity contribution in [2.24, 2.45) is 0 Å². The van der Waals surface area contributed by atoms with Crippen LogP contribution in [0.3, 0.4) is 0 Å². The summed E-state index contributed by atoms with van der Waals surface area (Å²) in [6.07, 6.45) is 3.38. The van der Waals surface area contributed by atoms with Crippen molar-refractivity contribution in [3.63, 3.8) is 0 Å². The molecule has 0 aliphatic carbocycles. The predicted molar refractivity (Wildman–Crippen MR) is 100.0 cm³/mol. The molecule has 0 aliphatic heterocycles. The first-order chi connectivity index (χ1) is 11.8.